The number of halogens is 3. The van der Waals surface area contributed by atoms with E-state index in [1.54, 1.807) is 30.5 Å². The second-order valence-electron chi connectivity index (χ2n) is 7.97. The fraction of sp³-hybridized carbons (Fsp3) is 0.167. The lowest BCUT2D eigenvalue weighted by Crippen LogP contribution is -2.42. The Balaban J connectivity index is 1.51. The van der Waals surface area contributed by atoms with Crippen LogP contribution >= 0.6 is 0 Å². The zero-order chi connectivity index (χ0) is 22.1. The minimum absolute atomic E-state index is 0.0360. The van der Waals surface area contributed by atoms with Gasteiger partial charge in [0.25, 0.3) is 0 Å². The lowest BCUT2D eigenvalue weighted by molar-refractivity contribution is -0.138. The number of hydrogen-bond donors (Lipinski definition) is 0. The molecule has 1 atom stereocenters. The third-order valence-corrected chi connectivity index (χ3v) is 6.27. The first-order valence-electron chi connectivity index (χ1n) is 9.98. The van der Waals surface area contributed by atoms with E-state index in [2.05, 4.69) is 5.16 Å². The summed E-state index contributed by atoms with van der Waals surface area (Å²) in [6.07, 6.45) is -2.95. The molecule has 32 heavy (non-hydrogen) atoms. The van der Waals surface area contributed by atoms with Crippen LogP contribution in [0.15, 0.2) is 71.4 Å². The van der Waals surface area contributed by atoms with E-state index in [4.69, 9.17) is 9.26 Å². The van der Waals surface area contributed by atoms with Gasteiger partial charge < -0.3 is 14.2 Å². The van der Waals surface area contributed by atoms with Gasteiger partial charge in [0.15, 0.2) is 5.58 Å². The predicted octanol–water partition coefficient (Wildman–Crippen LogP) is 5.07. The van der Waals surface area contributed by atoms with E-state index in [-0.39, 0.29) is 24.6 Å². The van der Waals surface area contributed by atoms with Crippen molar-refractivity contribution in [3.05, 3.63) is 89.1 Å². The van der Waals surface area contributed by atoms with Gasteiger partial charge in [-0.2, -0.15) is 13.2 Å². The molecule has 0 fully saturated rings. The lowest BCUT2D eigenvalue weighted by atomic mass is 9.77. The first-order valence-corrected chi connectivity index (χ1v) is 9.98. The minimum atomic E-state index is -4.51. The van der Waals surface area contributed by atoms with Gasteiger partial charge in [-0.1, -0.05) is 41.6 Å². The van der Waals surface area contributed by atoms with Crippen molar-refractivity contribution in [1.82, 2.24) is 5.16 Å². The van der Waals surface area contributed by atoms with E-state index in [0.717, 1.165) is 11.5 Å². The average Bonchev–Trinajstić information content (AvgIpc) is 3.45. The number of carbonyl (C=O) groups excluding carboxylic acids is 1. The van der Waals surface area contributed by atoms with Crippen LogP contribution in [0.1, 0.15) is 22.3 Å². The number of anilines is 1. The van der Waals surface area contributed by atoms with E-state index in [9.17, 15) is 18.0 Å². The van der Waals surface area contributed by atoms with Gasteiger partial charge >= 0.3 is 6.18 Å². The monoisotopic (exact) mass is 436 g/mol. The number of ether oxygens (including phenoxy) is 1. The molecule has 6 rings (SSSR count). The summed E-state index contributed by atoms with van der Waals surface area (Å²) < 4.78 is 51.9. The minimum Gasteiger partial charge on any atom is -0.491 e. The highest BCUT2D eigenvalue weighted by Crippen LogP contribution is 2.53. The number of benzene rings is 3. The second-order valence-corrected chi connectivity index (χ2v) is 7.97. The van der Waals surface area contributed by atoms with Crippen LogP contribution in [-0.2, 0) is 22.9 Å². The summed E-state index contributed by atoms with van der Waals surface area (Å²) in [4.78, 5) is 15.3. The van der Waals surface area contributed by atoms with Gasteiger partial charge in [0.05, 0.1) is 18.3 Å². The molecule has 4 aromatic rings. The molecule has 0 N–H and O–H groups in total. The zero-order valence-corrected chi connectivity index (χ0v) is 16.5. The predicted molar refractivity (Wildman–Crippen MR) is 109 cm³/mol. The Morgan fingerprint density at radius 1 is 1.03 bits per heavy atom. The van der Waals surface area contributed by atoms with Crippen LogP contribution in [0.25, 0.3) is 11.0 Å². The first kappa shape index (κ1) is 18.9. The molecule has 2 aliphatic heterocycles. The quantitative estimate of drug-likeness (QED) is 0.440. The topological polar surface area (TPSA) is 55.6 Å². The number of para-hydroxylation sites is 1. The number of carbonyl (C=O) groups is 1. The molecule has 1 spiro atoms. The molecule has 0 aliphatic carbocycles. The van der Waals surface area contributed by atoms with Crippen molar-refractivity contribution in [2.75, 3.05) is 11.5 Å². The van der Waals surface area contributed by atoms with Crippen molar-refractivity contribution < 1.29 is 27.2 Å². The largest absolute Gasteiger partial charge is 0.491 e. The van der Waals surface area contributed by atoms with Crippen LogP contribution in [0.4, 0.5) is 18.9 Å². The van der Waals surface area contributed by atoms with Gasteiger partial charge in [0, 0.05) is 22.7 Å². The van der Waals surface area contributed by atoms with E-state index in [1.165, 1.54) is 17.0 Å². The first-order chi connectivity index (χ1) is 15.4. The van der Waals surface area contributed by atoms with Gasteiger partial charge in [0.2, 0.25) is 5.91 Å². The van der Waals surface area contributed by atoms with Crippen LogP contribution in [-0.4, -0.2) is 17.7 Å². The maximum Gasteiger partial charge on any atom is 0.416 e. The average molecular weight is 436 g/mol. The van der Waals surface area contributed by atoms with Crippen LogP contribution in [0.5, 0.6) is 5.75 Å². The highest BCUT2D eigenvalue weighted by molar-refractivity contribution is 6.12. The molecule has 8 heteroatoms. The number of fused-ring (bicyclic) bond motifs is 5. The molecule has 3 heterocycles. The maximum absolute atomic E-state index is 13.9. The highest BCUT2D eigenvalue weighted by Gasteiger charge is 2.57. The van der Waals surface area contributed by atoms with E-state index in [0.29, 0.717) is 28.1 Å². The van der Waals surface area contributed by atoms with Crippen LogP contribution < -0.4 is 9.64 Å². The zero-order valence-electron chi connectivity index (χ0n) is 16.5. The van der Waals surface area contributed by atoms with Gasteiger partial charge in [-0.05, 0) is 29.3 Å². The number of amides is 1. The molecule has 3 aromatic carbocycles. The highest BCUT2D eigenvalue weighted by atomic mass is 19.4. The molecule has 0 saturated heterocycles. The van der Waals surface area contributed by atoms with E-state index in [1.807, 2.05) is 18.2 Å². The SMILES string of the molecule is O=C1N(Cc2ccccc2C(F)(F)F)c2ccccc2C12COc1cc3oncc3cc12. The number of alkyl halides is 3. The van der Waals surface area contributed by atoms with Crippen molar-refractivity contribution in [2.24, 2.45) is 0 Å². The molecule has 1 unspecified atom stereocenters. The normalized spacial score (nSPS) is 19.5. The van der Waals surface area contributed by atoms with E-state index < -0.39 is 17.2 Å². The van der Waals surface area contributed by atoms with Crippen LogP contribution in [0, 0.1) is 0 Å². The van der Waals surface area contributed by atoms with Gasteiger partial charge in [-0.3, -0.25) is 4.79 Å². The van der Waals surface area contributed by atoms with Gasteiger partial charge in [-0.25, -0.2) is 0 Å². The third kappa shape index (κ3) is 2.46. The Labute approximate surface area is 180 Å². The van der Waals surface area contributed by atoms with Crippen molar-refractivity contribution in [1.29, 1.82) is 0 Å². The summed E-state index contributed by atoms with van der Waals surface area (Å²) in [6.45, 7) is -0.131. The van der Waals surface area contributed by atoms with Gasteiger partial charge in [-0.15, -0.1) is 0 Å². The fourth-order valence-corrected chi connectivity index (χ4v) is 4.80. The fourth-order valence-electron chi connectivity index (χ4n) is 4.80. The second kappa shape index (κ2) is 6.35. The molecule has 0 saturated carbocycles. The number of rotatable bonds is 2. The number of nitrogens with zero attached hydrogens (tertiary/aromatic N) is 2. The molecular formula is C24H15F3N2O3. The van der Waals surface area contributed by atoms with Crippen molar-refractivity contribution in [2.45, 2.75) is 18.1 Å². The summed E-state index contributed by atoms with van der Waals surface area (Å²) in [7, 11) is 0. The van der Waals surface area contributed by atoms with Crippen molar-refractivity contribution in [3.63, 3.8) is 0 Å². The molecule has 0 bridgehead atoms. The van der Waals surface area contributed by atoms with Crippen molar-refractivity contribution in [3.8, 4) is 5.75 Å². The van der Waals surface area contributed by atoms with E-state index >= 15 is 0 Å². The Hall–Kier alpha value is -3.81. The molecular weight excluding hydrogens is 421 g/mol. The Morgan fingerprint density at radius 2 is 1.81 bits per heavy atom. The van der Waals surface area contributed by atoms with Gasteiger partial charge in [0.1, 0.15) is 17.8 Å². The summed E-state index contributed by atoms with van der Waals surface area (Å²) >= 11 is 0. The summed E-state index contributed by atoms with van der Waals surface area (Å²) in [5.41, 5.74) is 0.646. The smallest absolute Gasteiger partial charge is 0.416 e. The number of hydrogen-bond acceptors (Lipinski definition) is 4. The number of aromatic nitrogens is 1. The van der Waals surface area contributed by atoms with Crippen LogP contribution in [0.2, 0.25) is 0 Å². The Kier molecular flexibility index (Phi) is 3.75. The van der Waals surface area contributed by atoms with Crippen LogP contribution in [0.3, 0.4) is 0 Å². The molecule has 160 valence electrons. The lowest BCUT2D eigenvalue weighted by Gasteiger charge is -2.24. The molecule has 1 aromatic heterocycles. The molecule has 0 radical (unpaired) electrons. The van der Waals surface area contributed by atoms with Crippen molar-refractivity contribution >= 4 is 22.6 Å². The standard InChI is InChI=1S/C24H15F3N2O3/c25-24(26,27)16-6-2-1-5-14(16)12-29-19-8-4-3-7-17(19)23(22(29)30)13-31-21-10-20-15(9-18(21)23)11-28-32-20/h1-11H,12-13H2. The summed E-state index contributed by atoms with van der Waals surface area (Å²) in [6, 6.07) is 16.0. The summed E-state index contributed by atoms with van der Waals surface area (Å²) in [5.74, 6) is 0.195. The Bertz CT molecular complexity index is 1390. The molecule has 2 aliphatic rings. The molecule has 1 amide bonds. The third-order valence-electron chi connectivity index (χ3n) is 6.27. The maximum atomic E-state index is 13.9. The summed E-state index contributed by atoms with van der Waals surface area (Å²) in [5, 5.41) is 4.51. The Morgan fingerprint density at radius 3 is 2.66 bits per heavy atom. The molecule has 5 nitrogen and oxygen atoms in total.